The van der Waals surface area contributed by atoms with Crippen LogP contribution < -0.4 is 10.6 Å². The first-order valence-corrected chi connectivity index (χ1v) is 5.84. The van der Waals surface area contributed by atoms with Gasteiger partial charge in [0, 0.05) is 38.8 Å². The third-order valence-corrected chi connectivity index (χ3v) is 3.52. The highest BCUT2D eigenvalue weighted by Crippen LogP contribution is 2.25. The van der Waals surface area contributed by atoms with Gasteiger partial charge in [-0.15, -0.1) is 0 Å². The molecule has 14 heavy (non-hydrogen) atoms. The minimum absolute atomic E-state index is 0.525. The molecule has 82 valence electrons. The number of rotatable bonds is 2. The Morgan fingerprint density at radius 3 is 2.93 bits per heavy atom. The van der Waals surface area contributed by atoms with Gasteiger partial charge in [-0.05, 0) is 25.3 Å². The quantitative estimate of drug-likeness (QED) is 0.666. The molecule has 0 amide bonds. The highest BCUT2D eigenvalue weighted by molar-refractivity contribution is 4.88. The van der Waals surface area contributed by atoms with Crippen LogP contribution in [-0.2, 0) is 0 Å². The minimum atomic E-state index is 0.525. The molecule has 0 aromatic rings. The monoisotopic (exact) mass is 197 g/mol. The highest BCUT2D eigenvalue weighted by atomic mass is 15.2. The van der Waals surface area contributed by atoms with E-state index in [1.807, 2.05) is 0 Å². The van der Waals surface area contributed by atoms with Gasteiger partial charge in [-0.25, -0.2) is 0 Å². The third kappa shape index (κ3) is 2.47. The number of piperazine rings is 1. The molecule has 3 nitrogen and oxygen atoms in total. The Bertz CT molecular complexity index is 187. The second kappa shape index (κ2) is 4.17. The van der Waals surface area contributed by atoms with E-state index in [-0.39, 0.29) is 0 Å². The molecule has 3 heteroatoms. The second-order valence-electron chi connectivity index (χ2n) is 5.33. The van der Waals surface area contributed by atoms with E-state index in [0.29, 0.717) is 11.5 Å². The first-order chi connectivity index (χ1) is 6.68. The Morgan fingerprint density at radius 1 is 1.43 bits per heavy atom. The van der Waals surface area contributed by atoms with Gasteiger partial charge in [-0.3, -0.25) is 4.90 Å². The maximum absolute atomic E-state index is 3.49. The molecule has 0 saturated carbocycles. The van der Waals surface area contributed by atoms with Gasteiger partial charge < -0.3 is 10.6 Å². The summed E-state index contributed by atoms with van der Waals surface area (Å²) in [7, 11) is 0. The summed E-state index contributed by atoms with van der Waals surface area (Å²) in [5.41, 5.74) is 0.525. The van der Waals surface area contributed by atoms with Crippen molar-refractivity contribution in [1.82, 2.24) is 15.5 Å². The number of nitrogens with zero attached hydrogens (tertiary/aromatic N) is 1. The minimum Gasteiger partial charge on any atom is -0.316 e. The molecule has 2 saturated heterocycles. The maximum Gasteiger partial charge on any atom is 0.0167 e. The fourth-order valence-electron chi connectivity index (χ4n) is 2.70. The third-order valence-electron chi connectivity index (χ3n) is 3.52. The standard InChI is InChI=1S/C11H23N3/c1-10-7-14(6-5-13-10)9-11(2)3-4-12-8-11/h10,12-13H,3-9H2,1-2H3/t10-,11?/m1/s1. The van der Waals surface area contributed by atoms with Crippen LogP contribution >= 0.6 is 0 Å². The van der Waals surface area contributed by atoms with Gasteiger partial charge in [0.1, 0.15) is 0 Å². The second-order valence-corrected chi connectivity index (χ2v) is 5.33. The van der Waals surface area contributed by atoms with Gasteiger partial charge in [-0.2, -0.15) is 0 Å². The maximum atomic E-state index is 3.49. The van der Waals surface area contributed by atoms with Crippen LogP contribution in [0.3, 0.4) is 0 Å². The number of hydrogen-bond acceptors (Lipinski definition) is 3. The molecule has 0 bridgehead atoms. The molecule has 2 aliphatic rings. The van der Waals surface area contributed by atoms with Gasteiger partial charge in [0.05, 0.1) is 0 Å². The zero-order valence-electron chi connectivity index (χ0n) is 9.47. The smallest absolute Gasteiger partial charge is 0.0167 e. The van der Waals surface area contributed by atoms with Crippen molar-refractivity contribution in [2.45, 2.75) is 26.3 Å². The normalized spacial score (nSPS) is 40.3. The fraction of sp³-hybridized carbons (Fsp3) is 1.00. The summed E-state index contributed by atoms with van der Waals surface area (Å²) >= 11 is 0. The van der Waals surface area contributed by atoms with Gasteiger partial charge >= 0.3 is 0 Å². The van der Waals surface area contributed by atoms with Crippen LogP contribution in [0.1, 0.15) is 20.3 Å². The van der Waals surface area contributed by atoms with E-state index in [1.54, 1.807) is 0 Å². The van der Waals surface area contributed by atoms with Crippen molar-refractivity contribution < 1.29 is 0 Å². The van der Waals surface area contributed by atoms with Crippen LogP contribution in [0.15, 0.2) is 0 Å². The Hall–Kier alpha value is -0.120. The predicted octanol–water partition coefficient (Wildman–Crippen LogP) is 0.280. The first-order valence-electron chi connectivity index (χ1n) is 5.84. The van der Waals surface area contributed by atoms with Crippen LogP contribution in [0.25, 0.3) is 0 Å². The van der Waals surface area contributed by atoms with Crippen molar-refractivity contribution in [2.24, 2.45) is 5.41 Å². The summed E-state index contributed by atoms with van der Waals surface area (Å²) < 4.78 is 0. The molecule has 2 fully saturated rings. The van der Waals surface area contributed by atoms with E-state index in [0.717, 1.165) is 6.54 Å². The van der Waals surface area contributed by atoms with Gasteiger partial charge in [0.25, 0.3) is 0 Å². The van der Waals surface area contributed by atoms with Crippen molar-refractivity contribution in [3.8, 4) is 0 Å². The van der Waals surface area contributed by atoms with Gasteiger partial charge in [-0.1, -0.05) is 6.92 Å². The molecule has 0 spiro atoms. The Labute approximate surface area is 87.2 Å². The lowest BCUT2D eigenvalue weighted by molar-refractivity contribution is 0.141. The summed E-state index contributed by atoms with van der Waals surface area (Å²) in [6, 6.07) is 0.668. The molecular formula is C11H23N3. The fourth-order valence-corrected chi connectivity index (χ4v) is 2.70. The molecule has 0 aliphatic carbocycles. The number of nitrogens with one attached hydrogen (secondary N) is 2. The van der Waals surface area contributed by atoms with Crippen molar-refractivity contribution in [3.63, 3.8) is 0 Å². The van der Waals surface area contributed by atoms with E-state index < -0.39 is 0 Å². The Morgan fingerprint density at radius 2 is 2.29 bits per heavy atom. The molecular weight excluding hydrogens is 174 g/mol. The van der Waals surface area contributed by atoms with E-state index in [9.17, 15) is 0 Å². The molecule has 2 aliphatic heterocycles. The van der Waals surface area contributed by atoms with E-state index in [2.05, 4.69) is 29.4 Å². The average molecular weight is 197 g/mol. The van der Waals surface area contributed by atoms with Crippen LogP contribution in [0.2, 0.25) is 0 Å². The topological polar surface area (TPSA) is 27.3 Å². The summed E-state index contributed by atoms with van der Waals surface area (Å²) in [6.07, 6.45) is 1.34. The molecule has 0 aromatic carbocycles. The predicted molar refractivity (Wildman–Crippen MR) is 59.5 cm³/mol. The Kier molecular flexibility index (Phi) is 3.10. The molecule has 1 unspecified atom stereocenters. The van der Waals surface area contributed by atoms with E-state index >= 15 is 0 Å². The molecule has 0 radical (unpaired) electrons. The van der Waals surface area contributed by atoms with Crippen molar-refractivity contribution in [3.05, 3.63) is 0 Å². The van der Waals surface area contributed by atoms with Crippen molar-refractivity contribution in [1.29, 1.82) is 0 Å². The molecule has 2 heterocycles. The first kappa shape index (κ1) is 10.4. The average Bonchev–Trinajstić information content (AvgIpc) is 2.51. The summed E-state index contributed by atoms with van der Waals surface area (Å²) in [5.74, 6) is 0. The summed E-state index contributed by atoms with van der Waals surface area (Å²) in [5, 5.41) is 6.96. The summed E-state index contributed by atoms with van der Waals surface area (Å²) in [4.78, 5) is 2.62. The molecule has 2 atom stereocenters. The van der Waals surface area contributed by atoms with E-state index in [1.165, 1.54) is 39.1 Å². The lowest BCUT2D eigenvalue weighted by Gasteiger charge is -2.37. The zero-order valence-corrected chi connectivity index (χ0v) is 9.47. The largest absolute Gasteiger partial charge is 0.316 e. The molecule has 2 N–H and O–H groups in total. The number of hydrogen-bond donors (Lipinski definition) is 2. The van der Waals surface area contributed by atoms with Gasteiger partial charge in [0.2, 0.25) is 0 Å². The van der Waals surface area contributed by atoms with Gasteiger partial charge in [0.15, 0.2) is 0 Å². The lowest BCUT2D eigenvalue weighted by atomic mass is 9.89. The molecule has 0 aromatic heterocycles. The molecule has 2 rings (SSSR count). The van der Waals surface area contributed by atoms with Crippen molar-refractivity contribution >= 4 is 0 Å². The van der Waals surface area contributed by atoms with Crippen LogP contribution in [0.5, 0.6) is 0 Å². The SMILES string of the molecule is C[C@@H]1CN(CC2(C)CCNC2)CCN1. The van der Waals surface area contributed by atoms with Crippen LogP contribution in [0.4, 0.5) is 0 Å². The van der Waals surface area contributed by atoms with Crippen molar-refractivity contribution in [2.75, 3.05) is 39.3 Å². The lowest BCUT2D eigenvalue weighted by Crippen LogP contribution is -2.52. The van der Waals surface area contributed by atoms with Crippen LogP contribution in [-0.4, -0.2) is 50.2 Å². The highest BCUT2D eigenvalue weighted by Gasteiger charge is 2.31. The summed E-state index contributed by atoms with van der Waals surface area (Å²) in [6.45, 7) is 12.0. The van der Waals surface area contributed by atoms with Crippen LogP contribution in [0, 0.1) is 5.41 Å². The zero-order chi connectivity index (χ0) is 10.0. The van der Waals surface area contributed by atoms with E-state index in [4.69, 9.17) is 0 Å². The Balaban J connectivity index is 1.83.